The quantitative estimate of drug-likeness (QED) is 0.896. The van der Waals surface area contributed by atoms with Gasteiger partial charge in [0.05, 0.1) is 6.54 Å². The number of carbonyl (C=O) groups excluding carboxylic acids is 1. The molecule has 1 saturated heterocycles. The Kier molecular flexibility index (Phi) is 5.20. The topological polar surface area (TPSA) is 69.6 Å². The molecule has 1 aromatic rings. The van der Waals surface area contributed by atoms with Crippen LogP contribution < -0.4 is 5.32 Å². The Morgan fingerprint density at radius 2 is 2.19 bits per heavy atom. The Morgan fingerprint density at radius 1 is 1.43 bits per heavy atom. The number of likely N-dealkylation sites (tertiary alicyclic amines) is 1. The molecule has 114 valence electrons. The number of rotatable bonds is 4. The van der Waals surface area contributed by atoms with Crippen LogP contribution in [-0.2, 0) is 9.59 Å². The van der Waals surface area contributed by atoms with Gasteiger partial charge < -0.3 is 10.4 Å². The third-order valence-electron chi connectivity index (χ3n) is 3.71. The minimum Gasteiger partial charge on any atom is -0.480 e. The average molecular weight is 311 g/mol. The number of nitrogens with zero attached hydrogens (tertiary/aromatic N) is 1. The lowest BCUT2D eigenvalue weighted by molar-refractivity contribution is -0.145. The standard InChI is InChI=1S/C15H19ClN2O3/c1-10-8-11(16)5-6-12(10)17-14(19)9-18-7-3-2-4-13(18)15(20)21/h5-6,8,13H,2-4,7,9H2,1H3,(H,17,19)(H,20,21). The molecule has 0 bridgehead atoms. The van der Waals surface area contributed by atoms with E-state index >= 15 is 0 Å². The van der Waals surface area contributed by atoms with E-state index in [1.165, 1.54) is 0 Å². The van der Waals surface area contributed by atoms with E-state index in [1.54, 1.807) is 23.1 Å². The predicted octanol–water partition coefficient (Wildman–Crippen LogP) is 2.53. The van der Waals surface area contributed by atoms with Gasteiger partial charge in [-0.25, -0.2) is 0 Å². The molecular formula is C15H19ClN2O3. The van der Waals surface area contributed by atoms with Crippen LogP contribution in [-0.4, -0.2) is 41.0 Å². The van der Waals surface area contributed by atoms with E-state index < -0.39 is 12.0 Å². The zero-order valence-electron chi connectivity index (χ0n) is 11.9. The number of amides is 1. The molecule has 1 aromatic carbocycles. The maximum atomic E-state index is 12.1. The summed E-state index contributed by atoms with van der Waals surface area (Å²) in [7, 11) is 0. The van der Waals surface area contributed by atoms with Crippen LogP contribution in [0, 0.1) is 6.92 Å². The molecule has 0 aromatic heterocycles. The van der Waals surface area contributed by atoms with Crippen LogP contribution in [0.4, 0.5) is 5.69 Å². The highest BCUT2D eigenvalue weighted by molar-refractivity contribution is 6.30. The number of aliphatic carboxylic acids is 1. The van der Waals surface area contributed by atoms with Gasteiger partial charge in [-0.3, -0.25) is 14.5 Å². The van der Waals surface area contributed by atoms with Gasteiger partial charge in [0.2, 0.25) is 5.91 Å². The third kappa shape index (κ3) is 4.19. The van der Waals surface area contributed by atoms with Crippen molar-refractivity contribution in [2.24, 2.45) is 0 Å². The highest BCUT2D eigenvalue weighted by Crippen LogP contribution is 2.20. The summed E-state index contributed by atoms with van der Waals surface area (Å²) in [4.78, 5) is 25.0. The summed E-state index contributed by atoms with van der Waals surface area (Å²) in [6.45, 7) is 2.60. The number of anilines is 1. The number of aryl methyl sites for hydroxylation is 1. The number of benzene rings is 1. The second kappa shape index (κ2) is 6.91. The fraction of sp³-hybridized carbons (Fsp3) is 0.467. The van der Waals surface area contributed by atoms with E-state index in [2.05, 4.69) is 5.32 Å². The van der Waals surface area contributed by atoms with Crippen molar-refractivity contribution < 1.29 is 14.7 Å². The fourth-order valence-electron chi connectivity index (χ4n) is 2.60. The van der Waals surface area contributed by atoms with Crippen molar-refractivity contribution in [3.63, 3.8) is 0 Å². The van der Waals surface area contributed by atoms with Gasteiger partial charge in [0, 0.05) is 10.7 Å². The van der Waals surface area contributed by atoms with Gasteiger partial charge in [-0.1, -0.05) is 18.0 Å². The molecule has 1 fully saturated rings. The molecule has 2 N–H and O–H groups in total. The van der Waals surface area contributed by atoms with Crippen molar-refractivity contribution in [1.29, 1.82) is 0 Å². The Morgan fingerprint density at radius 3 is 2.86 bits per heavy atom. The van der Waals surface area contributed by atoms with E-state index in [-0.39, 0.29) is 12.5 Å². The molecule has 0 radical (unpaired) electrons. The summed E-state index contributed by atoms with van der Waals surface area (Å²) in [5.41, 5.74) is 1.58. The third-order valence-corrected chi connectivity index (χ3v) is 3.94. The van der Waals surface area contributed by atoms with E-state index in [0.717, 1.165) is 18.4 Å². The fourth-order valence-corrected chi connectivity index (χ4v) is 2.83. The van der Waals surface area contributed by atoms with Gasteiger partial charge in [-0.05, 0) is 50.1 Å². The van der Waals surface area contributed by atoms with Crippen LogP contribution in [0.15, 0.2) is 18.2 Å². The van der Waals surface area contributed by atoms with Crippen molar-refractivity contribution >= 4 is 29.2 Å². The van der Waals surface area contributed by atoms with Crippen LogP contribution >= 0.6 is 11.6 Å². The van der Waals surface area contributed by atoms with Gasteiger partial charge in [0.1, 0.15) is 6.04 Å². The first-order valence-electron chi connectivity index (χ1n) is 7.00. The Labute approximate surface area is 128 Å². The van der Waals surface area contributed by atoms with Gasteiger partial charge in [-0.2, -0.15) is 0 Å². The number of carboxylic acid groups (broad SMARTS) is 1. The lowest BCUT2D eigenvalue weighted by Gasteiger charge is -2.32. The second-order valence-electron chi connectivity index (χ2n) is 5.33. The summed E-state index contributed by atoms with van der Waals surface area (Å²) in [6.07, 6.45) is 2.42. The van der Waals surface area contributed by atoms with Crippen LogP contribution in [0.3, 0.4) is 0 Å². The van der Waals surface area contributed by atoms with Crippen molar-refractivity contribution in [3.05, 3.63) is 28.8 Å². The number of halogens is 1. The van der Waals surface area contributed by atoms with Crippen LogP contribution in [0.1, 0.15) is 24.8 Å². The van der Waals surface area contributed by atoms with Gasteiger partial charge in [0.15, 0.2) is 0 Å². The number of carboxylic acids is 1. The molecule has 0 spiro atoms. The van der Waals surface area contributed by atoms with E-state index in [0.29, 0.717) is 23.7 Å². The summed E-state index contributed by atoms with van der Waals surface area (Å²) in [5.74, 6) is -1.06. The van der Waals surface area contributed by atoms with Crippen LogP contribution in [0.25, 0.3) is 0 Å². The highest BCUT2D eigenvalue weighted by Gasteiger charge is 2.29. The lowest BCUT2D eigenvalue weighted by atomic mass is 10.0. The molecule has 2 rings (SSSR count). The largest absolute Gasteiger partial charge is 0.480 e. The van der Waals surface area contributed by atoms with Crippen molar-refractivity contribution in [3.8, 4) is 0 Å². The molecule has 0 saturated carbocycles. The normalized spacial score (nSPS) is 19.2. The second-order valence-corrected chi connectivity index (χ2v) is 5.76. The summed E-state index contributed by atoms with van der Waals surface area (Å²) in [6, 6.07) is 4.68. The molecule has 1 unspecified atom stereocenters. The molecule has 1 atom stereocenters. The number of carbonyl (C=O) groups is 2. The highest BCUT2D eigenvalue weighted by atomic mass is 35.5. The number of hydrogen-bond donors (Lipinski definition) is 2. The SMILES string of the molecule is Cc1cc(Cl)ccc1NC(=O)CN1CCCCC1C(=O)O. The van der Waals surface area contributed by atoms with Gasteiger partial charge >= 0.3 is 5.97 Å². The molecule has 1 amide bonds. The van der Waals surface area contributed by atoms with E-state index in [9.17, 15) is 14.7 Å². The monoisotopic (exact) mass is 310 g/mol. The number of piperidine rings is 1. The summed E-state index contributed by atoms with van der Waals surface area (Å²) < 4.78 is 0. The molecule has 1 aliphatic rings. The van der Waals surface area contributed by atoms with Crippen LogP contribution in [0.2, 0.25) is 5.02 Å². The van der Waals surface area contributed by atoms with Crippen molar-refractivity contribution in [2.45, 2.75) is 32.2 Å². The minimum absolute atomic E-state index is 0.0963. The first-order valence-corrected chi connectivity index (χ1v) is 7.38. The molecule has 1 aliphatic heterocycles. The Hall–Kier alpha value is -1.59. The van der Waals surface area contributed by atoms with Gasteiger partial charge in [-0.15, -0.1) is 0 Å². The van der Waals surface area contributed by atoms with E-state index in [4.69, 9.17) is 11.6 Å². The van der Waals surface area contributed by atoms with Crippen molar-refractivity contribution in [1.82, 2.24) is 4.90 Å². The summed E-state index contributed by atoms with van der Waals surface area (Å²) in [5, 5.41) is 12.6. The summed E-state index contributed by atoms with van der Waals surface area (Å²) >= 11 is 5.88. The molecule has 0 aliphatic carbocycles. The average Bonchev–Trinajstić information content (AvgIpc) is 2.42. The Bertz CT molecular complexity index is 548. The molecule has 6 heteroatoms. The first kappa shape index (κ1) is 15.8. The van der Waals surface area contributed by atoms with E-state index in [1.807, 2.05) is 6.92 Å². The maximum absolute atomic E-state index is 12.1. The number of nitrogens with one attached hydrogen (secondary N) is 1. The molecule has 1 heterocycles. The Balaban J connectivity index is 1.98. The minimum atomic E-state index is -0.856. The van der Waals surface area contributed by atoms with Crippen LogP contribution in [0.5, 0.6) is 0 Å². The maximum Gasteiger partial charge on any atom is 0.320 e. The van der Waals surface area contributed by atoms with Gasteiger partial charge in [0.25, 0.3) is 0 Å². The molecule has 5 nitrogen and oxygen atoms in total. The first-order chi connectivity index (χ1) is 9.97. The predicted molar refractivity (Wildman–Crippen MR) is 81.7 cm³/mol. The number of hydrogen-bond acceptors (Lipinski definition) is 3. The van der Waals surface area contributed by atoms with Crippen molar-refractivity contribution in [2.75, 3.05) is 18.4 Å². The zero-order valence-corrected chi connectivity index (χ0v) is 12.7. The molecule has 21 heavy (non-hydrogen) atoms. The molecular weight excluding hydrogens is 292 g/mol. The lowest BCUT2D eigenvalue weighted by Crippen LogP contribution is -2.47. The zero-order chi connectivity index (χ0) is 15.4. The smallest absolute Gasteiger partial charge is 0.320 e.